The minimum absolute atomic E-state index is 0.305. The molecular weight excluding hydrogens is 560 g/mol. The van der Waals surface area contributed by atoms with E-state index in [1.807, 2.05) is 69.3 Å². The summed E-state index contributed by atoms with van der Waals surface area (Å²) in [5.74, 6) is 3.36. The number of nitrogens with zero attached hydrogens (tertiary/aromatic N) is 3. The van der Waals surface area contributed by atoms with Gasteiger partial charge in [0.2, 0.25) is 12.8 Å². The number of amides is 2. The fourth-order valence-electron chi connectivity index (χ4n) is 4.58. The van der Waals surface area contributed by atoms with Gasteiger partial charge in [0.15, 0.2) is 17.3 Å². The number of oxime groups is 1. The molecule has 0 fully saturated rings. The van der Waals surface area contributed by atoms with Gasteiger partial charge >= 0.3 is 0 Å². The van der Waals surface area contributed by atoms with Gasteiger partial charge in [-0.15, -0.1) is 0 Å². The van der Waals surface area contributed by atoms with Crippen LogP contribution in [0.25, 0.3) is 11.1 Å². The van der Waals surface area contributed by atoms with Crippen LogP contribution in [0.1, 0.15) is 51.2 Å². The molecule has 3 aromatic carbocycles. The summed E-state index contributed by atoms with van der Waals surface area (Å²) in [5, 5.41) is 6.54. The number of carbonyl (C=O) groups excluding carboxylic acids is 2. The number of aliphatic imine (C=N–C) groups is 1. The highest BCUT2D eigenvalue weighted by Gasteiger charge is 2.15. The van der Waals surface area contributed by atoms with Crippen LogP contribution < -0.4 is 19.5 Å². The summed E-state index contributed by atoms with van der Waals surface area (Å²) in [6.07, 6.45) is 3.41. The summed E-state index contributed by atoms with van der Waals surface area (Å²) >= 11 is 0. The van der Waals surface area contributed by atoms with Crippen LogP contribution in [-0.2, 0) is 21.0 Å². The number of hydrogen-bond donors (Lipinski definition) is 1. The van der Waals surface area contributed by atoms with Gasteiger partial charge in [-0.3, -0.25) is 14.5 Å². The summed E-state index contributed by atoms with van der Waals surface area (Å²) in [6.45, 7) is 6.25. The molecule has 2 amide bonds. The maximum Gasteiger partial charge on any atom is 0.215 e. The summed E-state index contributed by atoms with van der Waals surface area (Å²) in [7, 11) is 4.58. The van der Waals surface area contributed by atoms with Crippen molar-refractivity contribution < 1.29 is 28.6 Å². The highest BCUT2D eigenvalue weighted by Crippen LogP contribution is 2.32. The van der Waals surface area contributed by atoms with Gasteiger partial charge in [-0.2, -0.15) is 0 Å². The number of nitrogens with one attached hydrogen (secondary N) is 1. The molecule has 1 N–H and O–H groups in total. The van der Waals surface area contributed by atoms with E-state index in [9.17, 15) is 9.59 Å². The second-order valence-corrected chi connectivity index (χ2v) is 9.61. The fraction of sp³-hybridized carbons (Fsp3) is 0.294. The van der Waals surface area contributed by atoms with Gasteiger partial charge < -0.3 is 24.4 Å². The first-order valence-electron chi connectivity index (χ1n) is 14.3. The molecule has 0 aromatic heterocycles. The number of carbonyl (C=O) groups is 2. The first-order chi connectivity index (χ1) is 21.4. The van der Waals surface area contributed by atoms with Crippen molar-refractivity contribution in [1.29, 1.82) is 0 Å². The van der Waals surface area contributed by atoms with Gasteiger partial charge in [0.25, 0.3) is 0 Å². The zero-order valence-electron chi connectivity index (χ0n) is 26.1. The second kappa shape index (κ2) is 17.1. The standard InChI is InChI=1S/C34H40N4O6/c1-7-11-33(36-30(8-2)24(3)44-27-18-19-31(41-4)32(20-27)42-5)38(23-40)21-25-14-16-26(17-15-25)28-12-9-10-13-29(28)34(35-22-39)37-43-6/h9-10,12-20,22-23H,7-8,11,21H2,1-6H3,(H,35,37,39)/b30-24+,36-33?. The minimum atomic E-state index is 0.305. The van der Waals surface area contributed by atoms with Gasteiger partial charge in [0.1, 0.15) is 24.5 Å². The van der Waals surface area contributed by atoms with Crippen molar-refractivity contribution in [3.05, 3.63) is 89.3 Å². The van der Waals surface area contributed by atoms with Crippen molar-refractivity contribution in [3.8, 4) is 28.4 Å². The molecule has 0 bridgehead atoms. The number of ether oxygens (including phenoxy) is 3. The molecule has 10 heteroatoms. The van der Waals surface area contributed by atoms with Crippen LogP contribution in [0.15, 0.2) is 88.3 Å². The SMILES string of the molecule is CCCC(=N/C(CC)=C(\C)Oc1ccc(OC)c(OC)c1)N(C=O)Cc1ccc(-c2ccccc2/C(=N/OC)NC=O)cc1. The maximum absolute atomic E-state index is 12.3. The highest BCUT2D eigenvalue weighted by molar-refractivity contribution is 6.08. The van der Waals surface area contributed by atoms with E-state index in [2.05, 4.69) is 10.5 Å². The molecule has 232 valence electrons. The second-order valence-electron chi connectivity index (χ2n) is 9.61. The van der Waals surface area contributed by atoms with Crippen molar-refractivity contribution in [2.75, 3.05) is 21.3 Å². The van der Waals surface area contributed by atoms with Crippen molar-refractivity contribution in [3.63, 3.8) is 0 Å². The summed E-state index contributed by atoms with van der Waals surface area (Å²) in [5.41, 5.74) is 4.16. The predicted molar refractivity (Wildman–Crippen MR) is 172 cm³/mol. The van der Waals surface area contributed by atoms with Gasteiger partial charge in [-0.1, -0.05) is 67.5 Å². The monoisotopic (exact) mass is 600 g/mol. The van der Waals surface area contributed by atoms with Crippen molar-refractivity contribution in [1.82, 2.24) is 10.2 Å². The lowest BCUT2D eigenvalue weighted by Gasteiger charge is -2.21. The maximum atomic E-state index is 12.3. The van der Waals surface area contributed by atoms with Crippen molar-refractivity contribution in [2.24, 2.45) is 10.1 Å². The molecular formula is C34H40N4O6. The minimum Gasteiger partial charge on any atom is -0.493 e. The largest absolute Gasteiger partial charge is 0.493 e. The molecule has 0 saturated carbocycles. The van der Waals surface area contributed by atoms with E-state index in [0.717, 1.165) is 35.2 Å². The van der Waals surface area contributed by atoms with Crippen LogP contribution in [0.4, 0.5) is 0 Å². The molecule has 3 aromatic rings. The van der Waals surface area contributed by atoms with E-state index in [1.165, 1.54) is 7.11 Å². The third-order valence-corrected chi connectivity index (χ3v) is 6.74. The lowest BCUT2D eigenvalue weighted by Crippen LogP contribution is -2.29. The quantitative estimate of drug-likeness (QED) is 0.0721. The van der Waals surface area contributed by atoms with Crippen LogP contribution in [0.2, 0.25) is 0 Å². The fourth-order valence-corrected chi connectivity index (χ4v) is 4.58. The lowest BCUT2D eigenvalue weighted by molar-refractivity contribution is -0.115. The Kier molecular flexibility index (Phi) is 13.0. The molecule has 44 heavy (non-hydrogen) atoms. The molecule has 0 aliphatic rings. The van der Waals surface area contributed by atoms with E-state index >= 15 is 0 Å². The number of hydrogen-bond acceptors (Lipinski definition) is 8. The topological polar surface area (TPSA) is 111 Å². The van der Waals surface area contributed by atoms with E-state index < -0.39 is 0 Å². The Bertz CT molecular complexity index is 1500. The van der Waals surface area contributed by atoms with Crippen LogP contribution in [0.3, 0.4) is 0 Å². The molecule has 0 radical (unpaired) electrons. The lowest BCUT2D eigenvalue weighted by atomic mass is 9.98. The number of methoxy groups -OCH3 is 2. The van der Waals surface area contributed by atoms with E-state index in [-0.39, 0.29) is 0 Å². The van der Waals surface area contributed by atoms with Gasteiger partial charge in [0.05, 0.1) is 26.5 Å². The predicted octanol–water partition coefficient (Wildman–Crippen LogP) is 6.30. The molecule has 0 atom stereocenters. The van der Waals surface area contributed by atoms with Gasteiger partial charge in [-0.05, 0) is 48.6 Å². The zero-order chi connectivity index (χ0) is 31.9. The molecule has 10 nitrogen and oxygen atoms in total. The smallest absolute Gasteiger partial charge is 0.215 e. The van der Waals surface area contributed by atoms with E-state index in [1.54, 1.807) is 37.3 Å². The summed E-state index contributed by atoms with van der Waals surface area (Å²) in [4.78, 5) is 34.9. The normalized spacial score (nSPS) is 12.1. The Morgan fingerprint density at radius 1 is 0.932 bits per heavy atom. The van der Waals surface area contributed by atoms with Gasteiger partial charge in [-0.25, -0.2) is 4.99 Å². The Morgan fingerprint density at radius 2 is 1.66 bits per heavy atom. The molecule has 0 unspecified atom stereocenters. The Morgan fingerprint density at radius 3 is 2.27 bits per heavy atom. The Balaban J connectivity index is 1.87. The average Bonchev–Trinajstić information content (AvgIpc) is 3.05. The van der Waals surface area contributed by atoms with Crippen molar-refractivity contribution in [2.45, 2.75) is 46.6 Å². The Hall–Kier alpha value is -5.12. The number of benzene rings is 3. The van der Waals surface area contributed by atoms with Crippen molar-refractivity contribution >= 4 is 24.5 Å². The van der Waals surface area contributed by atoms with Crippen LogP contribution in [0.5, 0.6) is 17.2 Å². The molecule has 0 saturated heterocycles. The number of amidine groups is 2. The third-order valence-electron chi connectivity index (χ3n) is 6.74. The van der Waals surface area contributed by atoms with Crippen LogP contribution in [-0.4, -0.2) is 50.7 Å². The average molecular weight is 601 g/mol. The first kappa shape index (κ1) is 33.4. The summed E-state index contributed by atoms with van der Waals surface area (Å²) < 4.78 is 16.8. The Labute approximate surface area is 259 Å². The van der Waals surface area contributed by atoms with E-state index in [4.69, 9.17) is 24.0 Å². The van der Waals surface area contributed by atoms with E-state index in [0.29, 0.717) is 66.0 Å². The molecule has 0 aliphatic carbocycles. The first-order valence-corrected chi connectivity index (χ1v) is 14.3. The number of rotatable bonds is 15. The van der Waals surface area contributed by atoms with Crippen LogP contribution >= 0.6 is 0 Å². The van der Waals surface area contributed by atoms with Crippen LogP contribution in [0, 0.1) is 0 Å². The van der Waals surface area contributed by atoms with Gasteiger partial charge in [0, 0.05) is 18.1 Å². The molecule has 3 rings (SSSR count). The zero-order valence-corrected chi connectivity index (χ0v) is 26.1. The highest BCUT2D eigenvalue weighted by atomic mass is 16.6. The third kappa shape index (κ3) is 8.70. The molecule has 0 heterocycles. The summed E-state index contributed by atoms with van der Waals surface area (Å²) in [6, 6.07) is 20.8. The number of allylic oxidation sites excluding steroid dienone is 2. The molecule has 0 aliphatic heterocycles. The molecule has 0 spiro atoms.